The Balaban J connectivity index is 0.00000484. The largest absolute Gasteiger partial charge is 1.00 e. The first-order valence-corrected chi connectivity index (χ1v) is 13.7. The number of aliphatic hydroxyl groups excluding tert-OH is 1. The molecule has 1 saturated heterocycles. The number of aliphatic carboxylic acids is 1. The second-order valence-electron chi connectivity index (χ2n) is 9.18. The van der Waals surface area contributed by atoms with Gasteiger partial charge in [0.05, 0.1) is 25.4 Å². The van der Waals surface area contributed by atoms with Gasteiger partial charge < -0.3 is 40.4 Å². The van der Waals surface area contributed by atoms with E-state index in [1.165, 1.54) is 21.0 Å². The molecule has 4 rings (SSSR count). The van der Waals surface area contributed by atoms with Crippen molar-refractivity contribution >= 4 is 57.9 Å². The molecule has 1 aromatic carbocycles. The Hall–Kier alpha value is -3.22. The number of nitrogen functional groups attached to an aromatic ring is 1. The number of hydrogen-bond donors (Lipinski definition) is 3. The molecule has 4 N–H and O–H groups in total. The van der Waals surface area contributed by atoms with Crippen molar-refractivity contribution in [3.05, 3.63) is 46.9 Å². The van der Waals surface area contributed by atoms with E-state index in [-0.39, 0.29) is 58.4 Å². The van der Waals surface area contributed by atoms with E-state index in [0.717, 1.165) is 28.2 Å². The van der Waals surface area contributed by atoms with Gasteiger partial charge in [-0.25, -0.2) is 4.79 Å². The molecule has 0 unspecified atom stereocenters. The Kier molecular flexibility index (Phi) is 11.0. The molecule has 2 aliphatic heterocycles. The van der Waals surface area contributed by atoms with Gasteiger partial charge in [-0.05, 0) is 37.1 Å². The molecule has 2 aliphatic rings. The Morgan fingerprint density at radius 3 is 2.55 bits per heavy atom. The molecule has 0 spiro atoms. The van der Waals surface area contributed by atoms with Crippen molar-refractivity contribution in [3.8, 4) is 5.75 Å². The van der Waals surface area contributed by atoms with Crippen molar-refractivity contribution in [1.29, 1.82) is 0 Å². The smallest absolute Gasteiger partial charge is 0.543 e. The van der Waals surface area contributed by atoms with Crippen LogP contribution in [0, 0.1) is 0 Å². The topological polar surface area (TPSA) is 219 Å². The minimum atomic E-state index is -1.66. The number of β-lactam (4-membered cyclic amide) rings is 1. The van der Waals surface area contributed by atoms with Gasteiger partial charge in [-0.15, -0.1) is 11.8 Å². The number of carbonyl (C=O) groups is 4. The van der Waals surface area contributed by atoms with Gasteiger partial charge in [0.2, 0.25) is 17.1 Å². The average Bonchev–Trinajstić information content (AvgIpc) is 3.39. The van der Waals surface area contributed by atoms with Crippen LogP contribution < -0.4 is 50.5 Å². The number of anilines is 1. The first-order valence-electron chi connectivity index (χ1n) is 11.9. The average molecular weight is 629 g/mol. The van der Waals surface area contributed by atoms with Crippen LogP contribution in [0.1, 0.15) is 25.2 Å². The van der Waals surface area contributed by atoms with Crippen LogP contribution in [0.3, 0.4) is 0 Å². The summed E-state index contributed by atoms with van der Waals surface area (Å²) in [6, 6.07) is 5.74. The van der Waals surface area contributed by atoms with Gasteiger partial charge >= 0.3 is 35.5 Å². The van der Waals surface area contributed by atoms with Crippen LogP contribution in [0.25, 0.3) is 0 Å². The third-order valence-electron chi connectivity index (χ3n) is 5.97. The summed E-state index contributed by atoms with van der Waals surface area (Å²) in [5.74, 6) is -3.52. The zero-order valence-electron chi connectivity index (χ0n) is 23.0. The van der Waals surface area contributed by atoms with Crippen LogP contribution in [0.4, 0.5) is 5.13 Å². The summed E-state index contributed by atoms with van der Waals surface area (Å²) in [7, 11) is 1.53. The summed E-state index contributed by atoms with van der Waals surface area (Å²) in [5.41, 5.74) is 3.93. The van der Waals surface area contributed by atoms with Crippen molar-refractivity contribution in [2.75, 3.05) is 25.2 Å². The summed E-state index contributed by atoms with van der Waals surface area (Å²) in [6.45, 7) is 2.14. The zero-order valence-corrected chi connectivity index (χ0v) is 26.6. The number of aliphatic hydroxyl groups is 1. The number of hydrogen-bond acceptors (Lipinski definition) is 15. The number of nitrogens with zero attached hydrogens (tertiary/aromatic N) is 4. The minimum absolute atomic E-state index is 0. The van der Waals surface area contributed by atoms with E-state index in [2.05, 4.69) is 19.8 Å². The first-order chi connectivity index (χ1) is 19.5. The van der Waals surface area contributed by atoms with E-state index in [0.29, 0.717) is 11.3 Å². The van der Waals surface area contributed by atoms with E-state index < -0.39 is 58.8 Å². The molecule has 1 aromatic heterocycles. The molecule has 18 heteroatoms. The maximum absolute atomic E-state index is 13.2. The number of aromatic nitrogens is 2. The van der Waals surface area contributed by atoms with Crippen LogP contribution in [0.15, 0.2) is 40.7 Å². The SMILES string of the molecule is COc1ccc(COC(=O)C(C)(C)O/N=C(\C(=O)N[C@@H]2C(=O)N3C(C(=O)[O-])=C(CO)CS[C@@H]23)c2nsc(N)n2)cc1.[Na+]. The fraction of sp³-hybridized carbons (Fsp3) is 0.375. The molecule has 1 fully saturated rings. The van der Waals surface area contributed by atoms with Gasteiger partial charge in [-0.2, -0.15) is 9.36 Å². The van der Waals surface area contributed by atoms with Crippen molar-refractivity contribution in [1.82, 2.24) is 19.6 Å². The summed E-state index contributed by atoms with van der Waals surface area (Å²) in [5, 5.41) is 26.6. The second-order valence-corrected chi connectivity index (χ2v) is 11.1. The molecule has 2 amide bonds. The molecule has 0 saturated carbocycles. The second kappa shape index (κ2) is 13.8. The van der Waals surface area contributed by atoms with E-state index in [1.54, 1.807) is 24.3 Å². The van der Waals surface area contributed by atoms with Crippen LogP contribution in [-0.2, 0) is 35.4 Å². The number of methoxy groups -OCH3 is 1. The number of carboxylic acid groups (broad SMARTS) is 1. The number of oxime groups is 1. The molecule has 15 nitrogen and oxygen atoms in total. The number of nitrogens with one attached hydrogen (secondary N) is 1. The minimum Gasteiger partial charge on any atom is -0.543 e. The number of nitrogens with two attached hydrogens (primary N) is 1. The van der Waals surface area contributed by atoms with E-state index in [1.807, 2.05) is 0 Å². The number of thioether (sulfide) groups is 1. The summed E-state index contributed by atoms with van der Waals surface area (Å²) in [4.78, 5) is 60.7. The van der Waals surface area contributed by atoms with Gasteiger partial charge in [0.1, 0.15) is 23.8 Å². The quantitative estimate of drug-likeness (QED) is 0.0707. The number of benzene rings is 1. The Morgan fingerprint density at radius 2 is 1.98 bits per heavy atom. The van der Waals surface area contributed by atoms with Crippen LogP contribution in [0.5, 0.6) is 5.75 Å². The van der Waals surface area contributed by atoms with Gasteiger partial charge in [0.25, 0.3) is 11.8 Å². The van der Waals surface area contributed by atoms with Gasteiger partial charge in [-0.1, -0.05) is 17.3 Å². The van der Waals surface area contributed by atoms with Gasteiger partial charge in [0, 0.05) is 17.3 Å². The van der Waals surface area contributed by atoms with Gasteiger partial charge in [-0.3, -0.25) is 14.5 Å². The third-order valence-corrected chi connectivity index (χ3v) is 7.85. The first kappa shape index (κ1) is 33.3. The fourth-order valence-corrected chi connectivity index (χ4v) is 5.53. The summed E-state index contributed by atoms with van der Waals surface area (Å²) in [6.07, 6.45) is 0. The van der Waals surface area contributed by atoms with Crippen molar-refractivity contribution < 1.29 is 73.3 Å². The van der Waals surface area contributed by atoms with Gasteiger partial charge in [0.15, 0.2) is 5.13 Å². The number of carboxylic acids is 1. The number of esters is 1. The van der Waals surface area contributed by atoms with Crippen molar-refractivity contribution in [2.45, 2.75) is 37.5 Å². The predicted molar refractivity (Wildman–Crippen MR) is 143 cm³/mol. The fourth-order valence-electron chi connectivity index (χ4n) is 3.76. The standard InChI is InChI=1S/C24H26N6O9S2.Na/c1-24(2,22(36)38-9-11-4-6-13(37-3)7-5-11)39-28-14(17-27-23(25)41-29-17)18(32)26-15-19(33)30-16(21(34)35)12(8-31)10-40-20(15)30;/h4-7,15,20,31H,8-10H2,1-3H3,(H,26,32)(H,34,35)(H2,25,27,29);/q;+1/p-1/b28-14-;/t15-,20+;/m1./s1. The number of rotatable bonds is 11. The molecule has 2 atom stereocenters. The molecule has 0 radical (unpaired) electrons. The van der Waals surface area contributed by atoms with Crippen LogP contribution in [0.2, 0.25) is 0 Å². The molecule has 218 valence electrons. The maximum Gasteiger partial charge on any atom is 1.00 e. The summed E-state index contributed by atoms with van der Waals surface area (Å²) >= 11 is 1.93. The molecule has 42 heavy (non-hydrogen) atoms. The molecule has 0 bridgehead atoms. The third kappa shape index (κ3) is 7.04. The normalized spacial score (nSPS) is 18.3. The van der Waals surface area contributed by atoms with E-state index in [4.69, 9.17) is 20.0 Å². The predicted octanol–water partition coefficient (Wildman–Crippen LogP) is -4.23. The van der Waals surface area contributed by atoms with E-state index in [9.17, 15) is 29.4 Å². The van der Waals surface area contributed by atoms with Crippen LogP contribution in [-0.4, -0.2) is 85.3 Å². The van der Waals surface area contributed by atoms with Crippen molar-refractivity contribution in [3.63, 3.8) is 0 Å². The number of ether oxygens (including phenoxy) is 2. The van der Waals surface area contributed by atoms with Crippen molar-refractivity contribution in [2.24, 2.45) is 5.16 Å². The Morgan fingerprint density at radius 1 is 1.29 bits per heavy atom. The molecular weight excluding hydrogens is 603 g/mol. The molecule has 2 aromatic rings. The number of amides is 2. The zero-order chi connectivity index (χ0) is 29.9. The molecule has 0 aliphatic carbocycles. The summed E-state index contributed by atoms with van der Waals surface area (Å²) < 4.78 is 14.4. The van der Waals surface area contributed by atoms with E-state index >= 15 is 0 Å². The van der Waals surface area contributed by atoms with Crippen LogP contribution >= 0.6 is 23.3 Å². The number of carbonyl (C=O) groups excluding carboxylic acids is 4. The molecular formula is C24H25N6NaO9S2. The Labute approximate surface area is 269 Å². The number of fused-ring (bicyclic) bond motifs is 1. The maximum atomic E-state index is 13.2. The monoisotopic (exact) mass is 628 g/mol. The Bertz CT molecular complexity index is 1430. The molecule has 3 heterocycles.